The number of carbonyl (C=O) groups is 11. The number of thiazole rings is 1. The van der Waals surface area contributed by atoms with Gasteiger partial charge in [-0.2, -0.15) is 0 Å². The Morgan fingerprint density at radius 2 is 1.52 bits per heavy atom. The van der Waals surface area contributed by atoms with Crippen LogP contribution in [0.1, 0.15) is 186 Å². The lowest BCUT2D eigenvalue weighted by Gasteiger charge is -2.40. The standard InChI is InChI=1S/C63H97N11O13S/c1-12-31-73(60(83)54(42(13-2)14-3)71-57(81)47-22-17-19-32-72(47)11)48(38(4)5)35-49(87-40(8)75)59-69-46(37-88-59)56(80)67-44(36-63(9,10)61(84)85)34-41-24-26-43(27-25-41)66-55(79)45(21-20-30-65-62(64)86)68-58(82)53(39(6)7)70-50(76)23-16-15-18-33-74-51(77)28-29-52(74)78/h24-29,37-39,42,44-45,47-49,53-54H,12-23,30-36H2,1-11H3,(H,66,79)(H,67,80)(H,68,82)(H,70,76)(H,71,81)(H,84,85)(H3,64,65,86)/t44-,45-,47+,48+,49+,53-,54-/m0/s1. The SMILES string of the molecule is CCCN(C(=O)[C@@H](NC(=O)[C@H]1CCCCN1C)C(CC)CC)[C@H](C[C@@H](OC(C)=O)c1nc(C(=O)N[C@@H](Cc2ccc(NC(=O)[C@H](CCCNC(N)=O)NC(=O)[C@@H](NC(=O)CCCCCN3C(=O)C=CC3=O)C(C)C)cc2)CC(C)(C)C(=O)O)cs1)C(C)C. The maximum absolute atomic E-state index is 15.0. The van der Waals surface area contributed by atoms with Crippen LogP contribution in [0.2, 0.25) is 0 Å². The molecule has 1 saturated heterocycles. The number of likely N-dealkylation sites (N-methyl/N-ethyl adjacent to an activating group) is 1. The number of nitrogens with two attached hydrogens (primary N) is 1. The Morgan fingerprint density at radius 3 is 2.10 bits per heavy atom. The van der Waals surface area contributed by atoms with Crippen LogP contribution in [0.25, 0.3) is 0 Å². The first kappa shape index (κ1) is 73.2. The number of aromatic nitrogens is 1. The number of benzene rings is 1. The van der Waals surface area contributed by atoms with Crippen molar-refractivity contribution < 1.29 is 62.6 Å². The quantitative estimate of drug-likeness (QED) is 0.0214. The fourth-order valence-electron chi connectivity index (χ4n) is 11.2. The number of carboxylic acid groups (broad SMARTS) is 1. The summed E-state index contributed by atoms with van der Waals surface area (Å²) < 4.78 is 5.94. The average Bonchev–Trinajstić information content (AvgIpc) is 4.22. The second-order valence-corrected chi connectivity index (χ2v) is 25.4. The van der Waals surface area contributed by atoms with Crippen molar-refractivity contribution in [3.63, 3.8) is 0 Å². The monoisotopic (exact) mass is 1250 g/mol. The molecule has 1 fully saturated rings. The third-order valence-corrected chi connectivity index (χ3v) is 17.2. The Balaban J connectivity index is 1.50. The molecule has 3 heterocycles. The van der Waals surface area contributed by atoms with E-state index in [1.54, 1.807) is 52.0 Å². The fraction of sp³-hybridized carbons (Fsp3) is 0.651. The van der Waals surface area contributed by atoms with Gasteiger partial charge in [0.15, 0.2) is 6.10 Å². The Kier molecular flexibility index (Phi) is 29.6. The van der Waals surface area contributed by atoms with Crippen LogP contribution in [0.4, 0.5) is 10.5 Å². The van der Waals surface area contributed by atoms with Gasteiger partial charge in [-0.1, -0.05) is 86.3 Å². The zero-order valence-corrected chi connectivity index (χ0v) is 54.2. The number of imide groups is 1. The Hall–Kier alpha value is -7.28. The topological polar surface area (TPSA) is 338 Å². The number of carboxylic acids is 1. The molecule has 0 spiro atoms. The van der Waals surface area contributed by atoms with Gasteiger partial charge in [-0.15, -0.1) is 11.3 Å². The second kappa shape index (κ2) is 35.6. The molecule has 488 valence electrons. The molecule has 0 unspecified atom stereocenters. The molecule has 0 saturated carbocycles. The molecule has 25 heteroatoms. The lowest BCUT2D eigenvalue weighted by Crippen LogP contribution is -2.59. The van der Waals surface area contributed by atoms with Crippen molar-refractivity contribution in [3.05, 3.63) is 58.1 Å². The summed E-state index contributed by atoms with van der Waals surface area (Å²) >= 11 is 1.11. The maximum Gasteiger partial charge on any atom is 0.312 e. The smallest absolute Gasteiger partial charge is 0.312 e. The normalized spacial score (nSPS) is 16.5. The van der Waals surface area contributed by atoms with Gasteiger partial charge in [-0.05, 0) is 121 Å². The first-order valence-corrected chi connectivity index (χ1v) is 32.0. The van der Waals surface area contributed by atoms with Crippen LogP contribution in [-0.4, -0.2) is 159 Å². The van der Waals surface area contributed by atoms with E-state index in [4.69, 9.17) is 10.5 Å². The molecule has 2 aliphatic heterocycles. The van der Waals surface area contributed by atoms with Crippen LogP contribution in [0.15, 0.2) is 41.8 Å². The molecule has 0 radical (unpaired) electrons. The molecule has 88 heavy (non-hydrogen) atoms. The van der Waals surface area contributed by atoms with Gasteiger partial charge < -0.3 is 52.4 Å². The van der Waals surface area contributed by atoms with Gasteiger partial charge in [-0.3, -0.25) is 57.7 Å². The van der Waals surface area contributed by atoms with Crippen molar-refractivity contribution in [2.45, 2.75) is 208 Å². The summed E-state index contributed by atoms with van der Waals surface area (Å²) in [5.74, 6) is -5.63. The maximum atomic E-state index is 15.0. The number of nitrogens with one attached hydrogen (secondary N) is 6. The van der Waals surface area contributed by atoms with Crippen LogP contribution in [0.5, 0.6) is 0 Å². The lowest BCUT2D eigenvalue weighted by molar-refractivity contribution is -0.150. The fourth-order valence-corrected chi connectivity index (χ4v) is 12.0. The highest BCUT2D eigenvalue weighted by Gasteiger charge is 2.40. The number of aliphatic carboxylic acids is 1. The highest BCUT2D eigenvalue weighted by Crippen LogP contribution is 2.33. The molecule has 0 bridgehead atoms. The van der Waals surface area contributed by atoms with Crippen molar-refractivity contribution in [2.75, 3.05) is 38.5 Å². The van der Waals surface area contributed by atoms with E-state index in [1.165, 1.54) is 24.5 Å². The number of likely N-dealkylation sites (tertiary alicyclic amines) is 1. The first-order chi connectivity index (χ1) is 41.6. The molecule has 2 aromatic rings. The van der Waals surface area contributed by atoms with Crippen molar-refractivity contribution >= 4 is 82.3 Å². The number of esters is 1. The summed E-state index contributed by atoms with van der Waals surface area (Å²) in [6.45, 7) is 19.4. The molecule has 2 aliphatic rings. The van der Waals surface area contributed by atoms with E-state index in [0.717, 1.165) is 35.6 Å². The first-order valence-electron chi connectivity index (χ1n) is 31.1. The number of hydrogen-bond acceptors (Lipinski definition) is 15. The van der Waals surface area contributed by atoms with Crippen molar-refractivity contribution in [1.29, 1.82) is 0 Å². The largest absolute Gasteiger partial charge is 0.481 e. The Bertz CT molecular complexity index is 2730. The summed E-state index contributed by atoms with van der Waals surface area (Å²) in [7, 11) is 1.93. The van der Waals surface area contributed by atoms with Crippen LogP contribution in [0, 0.1) is 23.2 Å². The van der Waals surface area contributed by atoms with Gasteiger partial charge in [0.25, 0.3) is 17.7 Å². The number of anilines is 1. The van der Waals surface area contributed by atoms with E-state index >= 15 is 0 Å². The van der Waals surface area contributed by atoms with E-state index < -0.39 is 83.3 Å². The minimum atomic E-state index is -1.29. The molecule has 0 aliphatic carbocycles. The van der Waals surface area contributed by atoms with Crippen LogP contribution in [-0.2, 0) is 54.3 Å². The van der Waals surface area contributed by atoms with Crippen molar-refractivity contribution in [2.24, 2.45) is 28.9 Å². The van der Waals surface area contributed by atoms with Crippen LogP contribution >= 0.6 is 11.3 Å². The molecule has 9 N–H and O–H groups in total. The summed E-state index contributed by atoms with van der Waals surface area (Å²) in [5, 5.41) is 29.1. The number of primary amides is 1. The van der Waals surface area contributed by atoms with Gasteiger partial charge in [0.1, 0.15) is 28.8 Å². The summed E-state index contributed by atoms with van der Waals surface area (Å²) in [6, 6.07) is 1.42. The molecule has 4 rings (SSSR count). The molecule has 24 nitrogen and oxygen atoms in total. The van der Waals surface area contributed by atoms with Crippen molar-refractivity contribution in [3.8, 4) is 0 Å². The molecule has 1 aromatic carbocycles. The molecule has 7 atom stereocenters. The third-order valence-electron chi connectivity index (χ3n) is 16.3. The summed E-state index contributed by atoms with van der Waals surface area (Å²) in [4.78, 5) is 154. The van der Waals surface area contributed by atoms with Gasteiger partial charge in [0.2, 0.25) is 29.5 Å². The van der Waals surface area contributed by atoms with E-state index in [2.05, 4.69) is 36.9 Å². The third kappa shape index (κ3) is 22.7. The lowest BCUT2D eigenvalue weighted by atomic mass is 9.84. The van der Waals surface area contributed by atoms with Crippen LogP contribution < -0.4 is 37.6 Å². The molecular weight excluding hydrogens is 1150 g/mol. The molecule has 1 aromatic heterocycles. The predicted molar refractivity (Wildman–Crippen MR) is 334 cm³/mol. The average molecular weight is 1250 g/mol. The van der Waals surface area contributed by atoms with Crippen molar-refractivity contribution in [1.82, 2.24) is 46.3 Å². The number of rotatable bonds is 37. The predicted octanol–water partition coefficient (Wildman–Crippen LogP) is 6.15. The minimum Gasteiger partial charge on any atom is -0.481 e. The number of urea groups is 1. The number of hydrogen-bond donors (Lipinski definition) is 8. The van der Waals surface area contributed by atoms with E-state index in [1.807, 2.05) is 51.5 Å². The summed E-state index contributed by atoms with van der Waals surface area (Å²) in [5.41, 5.74) is 4.98. The number of carbonyl (C=O) groups excluding carboxylic acids is 10. The second-order valence-electron chi connectivity index (χ2n) is 24.5. The number of unbranched alkanes of at least 4 members (excludes halogenated alkanes) is 2. The van der Waals surface area contributed by atoms with E-state index in [9.17, 15) is 57.8 Å². The zero-order chi connectivity index (χ0) is 65.4. The highest BCUT2D eigenvalue weighted by atomic mass is 32.1. The summed E-state index contributed by atoms with van der Waals surface area (Å²) in [6.07, 6.45) is 8.27. The van der Waals surface area contributed by atoms with E-state index in [-0.39, 0.29) is 105 Å². The molecular formula is C63H97N11O13S. The molecule has 10 amide bonds. The van der Waals surface area contributed by atoms with Gasteiger partial charge in [0.05, 0.1) is 11.5 Å². The number of nitrogens with zero attached hydrogens (tertiary/aromatic N) is 4. The highest BCUT2D eigenvalue weighted by molar-refractivity contribution is 7.09. The zero-order valence-electron chi connectivity index (χ0n) is 53.4. The van der Waals surface area contributed by atoms with E-state index in [0.29, 0.717) is 67.7 Å². The number of piperidine rings is 1. The van der Waals surface area contributed by atoms with Gasteiger partial charge in [0, 0.05) is 74.7 Å². The van der Waals surface area contributed by atoms with Gasteiger partial charge >= 0.3 is 18.0 Å². The minimum absolute atomic E-state index is 0.000175. The van der Waals surface area contributed by atoms with Gasteiger partial charge in [-0.25, -0.2) is 9.78 Å². The number of ether oxygens (including phenoxy) is 1. The Labute approximate surface area is 522 Å². The Morgan fingerprint density at radius 1 is 0.852 bits per heavy atom. The van der Waals surface area contributed by atoms with Crippen LogP contribution in [0.3, 0.4) is 0 Å². The number of amides is 10.